The van der Waals surface area contributed by atoms with Crippen LogP contribution in [0.1, 0.15) is 5.56 Å². The molecule has 0 atom stereocenters. The van der Waals surface area contributed by atoms with Crippen molar-refractivity contribution in [3.63, 3.8) is 0 Å². The fourth-order valence-corrected chi connectivity index (χ4v) is 2.54. The Hall–Kier alpha value is -2.11. The van der Waals surface area contributed by atoms with Crippen LogP contribution in [0, 0.1) is 0 Å². The minimum absolute atomic E-state index is 0.0651. The van der Waals surface area contributed by atoms with Crippen LogP contribution >= 0.6 is 27.5 Å². The van der Waals surface area contributed by atoms with Crippen LogP contribution in [0.25, 0.3) is 6.08 Å². The number of benzene rings is 2. The van der Waals surface area contributed by atoms with Crippen molar-refractivity contribution in [2.45, 2.75) is 0 Å². The van der Waals surface area contributed by atoms with Crippen LogP contribution in [-0.4, -0.2) is 30.3 Å². The molecule has 1 N–H and O–H groups in total. The van der Waals surface area contributed by atoms with Crippen LogP contribution in [0.5, 0.6) is 0 Å². The number of hydrogen-bond donors (Lipinski definition) is 1. The molecule has 0 spiro atoms. The van der Waals surface area contributed by atoms with Gasteiger partial charge in [0, 0.05) is 17.6 Å². The molecule has 0 bridgehead atoms. The summed E-state index contributed by atoms with van der Waals surface area (Å²) in [5.41, 5.74) is 1.41. The lowest BCUT2D eigenvalue weighted by atomic mass is 10.2. The lowest BCUT2D eigenvalue weighted by Gasteiger charge is -2.15. The van der Waals surface area contributed by atoms with Gasteiger partial charge in [-0.2, -0.15) is 0 Å². The molecular weight excluding hydrogens is 392 g/mol. The molecule has 0 aliphatic rings. The fourth-order valence-electron chi connectivity index (χ4n) is 1.94. The van der Waals surface area contributed by atoms with Gasteiger partial charge < -0.3 is 10.2 Å². The molecule has 0 fully saturated rings. The van der Waals surface area contributed by atoms with Gasteiger partial charge in [-0.25, -0.2) is 0 Å². The van der Waals surface area contributed by atoms with Gasteiger partial charge in [-0.1, -0.05) is 57.9 Å². The molecule has 0 aliphatic heterocycles. The highest BCUT2D eigenvalue weighted by Gasteiger charge is 2.12. The number of carbonyl (C=O) groups excluding carboxylic acids is 2. The molecule has 0 radical (unpaired) electrons. The molecule has 4 nitrogen and oxygen atoms in total. The van der Waals surface area contributed by atoms with Gasteiger partial charge in [0.1, 0.15) is 0 Å². The highest BCUT2D eigenvalue weighted by atomic mass is 79.9. The van der Waals surface area contributed by atoms with Crippen molar-refractivity contribution >= 4 is 51.1 Å². The van der Waals surface area contributed by atoms with Crippen LogP contribution in [0.3, 0.4) is 0 Å². The van der Waals surface area contributed by atoms with E-state index in [-0.39, 0.29) is 18.4 Å². The van der Waals surface area contributed by atoms with E-state index in [2.05, 4.69) is 21.2 Å². The van der Waals surface area contributed by atoms with Crippen molar-refractivity contribution < 1.29 is 9.59 Å². The molecule has 2 rings (SSSR count). The maximum atomic E-state index is 12.1. The summed E-state index contributed by atoms with van der Waals surface area (Å²) in [5, 5.41) is 3.13. The summed E-state index contributed by atoms with van der Waals surface area (Å²) in [7, 11) is 1.57. The predicted octanol–water partition coefficient (Wildman–Crippen LogP) is 4.21. The van der Waals surface area contributed by atoms with Crippen molar-refractivity contribution in [3.05, 3.63) is 69.7 Å². The summed E-state index contributed by atoms with van der Waals surface area (Å²) < 4.78 is 0.896. The van der Waals surface area contributed by atoms with Crippen LogP contribution in [0.2, 0.25) is 5.02 Å². The Kier molecular flexibility index (Phi) is 6.58. The minimum Gasteiger partial charge on any atom is -0.333 e. The molecule has 0 saturated heterocycles. The maximum Gasteiger partial charge on any atom is 0.246 e. The number of anilines is 1. The molecule has 0 aliphatic carbocycles. The molecule has 24 heavy (non-hydrogen) atoms. The SMILES string of the molecule is CN(CC(=O)Nc1ccccc1Cl)C(=O)C=Cc1ccccc1Br. The van der Waals surface area contributed by atoms with Crippen molar-refractivity contribution in [2.75, 3.05) is 18.9 Å². The summed E-state index contributed by atoms with van der Waals surface area (Å²) in [6.45, 7) is -0.0651. The fraction of sp³-hybridized carbons (Fsp3) is 0.111. The van der Waals surface area contributed by atoms with Gasteiger partial charge in [0.2, 0.25) is 11.8 Å². The highest BCUT2D eigenvalue weighted by Crippen LogP contribution is 2.20. The van der Waals surface area contributed by atoms with Crippen LogP contribution in [-0.2, 0) is 9.59 Å². The summed E-state index contributed by atoms with van der Waals surface area (Å²) in [6, 6.07) is 14.5. The molecule has 0 unspecified atom stereocenters. The maximum absolute atomic E-state index is 12.1. The van der Waals surface area contributed by atoms with E-state index < -0.39 is 0 Å². The van der Waals surface area contributed by atoms with Gasteiger partial charge >= 0.3 is 0 Å². The molecule has 0 aromatic heterocycles. The zero-order chi connectivity index (χ0) is 17.5. The number of hydrogen-bond acceptors (Lipinski definition) is 2. The third kappa shape index (κ3) is 5.22. The molecule has 0 saturated carbocycles. The first kappa shape index (κ1) is 18.2. The smallest absolute Gasteiger partial charge is 0.246 e. The second-order valence-electron chi connectivity index (χ2n) is 5.08. The first-order chi connectivity index (χ1) is 11.5. The van der Waals surface area contributed by atoms with E-state index in [0.717, 1.165) is 10.0 Å². The number of likely N-dealkylation sites (N-methyl/N-ethyl adjacent to an activating group) is 1. The number of carbonyl (C=O) groups is 2. The van der Waals surface area contributed by atoms with Gasteiger partial charge in [0.05, 0.1) is 17.3 Å². The Morgan fingerprint density at radius 3 is 2.54 bits per heavy atom. The second-order valence-corrected chi connectivity index (χ2v) is 6.34. The monoisotopic (exact) mass is 406 g/mol. The Bertz CT molecular complexity index is 777. The lowest BCUT2D eigenvalue weighted by Crippen LogP contribution is -2.33. The van der Waals surface area contributed by atoms with E-state index in [0.29, 0.717) is 10.7 Å². The summed E-state index contributed by atoms with van der Waals surface area (Å²) in [4.78, 5) is 25.4. The predicted molar refractivity (Wildman–Crippen MR) is 101 cm³/mol. The summed E-state index contributed by atoms with van der Waals surface area (Å²) in [5.74, 6) is -0.576. The molecule has 2 aromatic rings. The minimum atomic E-state index is -0.312. The molecule has 6 heteroatoms. The number of amides is 2. The topological polar surface area (TPSA) is 49.4 Å². The quantitative estimate of drug-likeness (QED) is 0.755. The number of para-hydroxylation sites is 1. The molecule has 124 valence electrons. The normalized spacial score (nSPS) is 10.6. The summed E-state index contributed by atoms with van der Waals surface area (Å²) >= 11 is 9.40. The van der Waals surface area contributed by atoms with Gasteiger partial charge in [-0.15, -0.1) is 0 Å². The number of rotatable bonds is 5. The van der Waals surface area contributed by atoms with Crippen LogP contribution in [0.15, 0.2) is 59.1 Å². The molecule has 0 heterocycles. The standard InChI is InChI=1S/C18H16BrClN2O2/c1-22(12-17(23)21-16-9-5-4-8-15(16)20)18(24)11-10-13-6-2-3-7-14(13)19/h2-11H,12H2,1H3,(H,21,23). The zero-order valence-electron chi connectivity index (χ0n) is 13.0. The molecular formula is C18H16BrClN2O2. The first-order valence-electron chi connectivity index (χ1n) is 7.19. The van der Waals surface area contributed by atoms with Crippen molar-refractivity contribution in [1.82, 2.24) is 4.90 Å². The average Bonchev–Trinajstić information content (AvgIpc) is 2.56. The van der Waals surface area contributed by atoms with Crippen LogP contribution < -0.4 is 5.32 Å². The largest absolute Gasteiger partial charge is 0.333 e. The first-order valence-corrected chi connectivity index (χ1v) is 8.36. The third-order valence-corrected chi connectivity index (χ3v) is 4.27. The van der Waals surface area contributed by atoms with E-state index in [4.69, 9.17) is 11.6 Å². The van der Waals surface area contributed by atoms with Gasteiger partial charge in [-0.3, -0.25) is 9.59 Å². The van der Waals surface area contributed by atoms with Gasteiger partial charge in [0.15, 0.2) is 0 Å². The van der Waals surface area contributed by atoms with Gasteiger partial charge in [-0.05, 0) is 29.8 Å². The second kappa shape index (κ2) is 8.66. The Balaban J connectivity index is 1.93. The Labute approximate surface area is 154 Å². The van der Waals surface area contributed by atoms with E-state index >= 15 is 0 Å². The number of nitrogens with one attached hydrogen (secondary N) is 1. The van der Waals surface area contributed by atoms with E-state index in [1.807, 2.05) is 24.3 Å². The van der Waals surface area contributed by atoms with E-state index in [9.17, 15) is 9.59 Å². The van der Waals surface area contributed by atoms with Crippen molar-refractivity contribution in [3.8, 4) is 0 Å². The number of nitrogens with zero attached hydrogens (tertiary/aromatic N) is 1. The third-order valence-electron chi connectivity index (χ3n) is 3.22. The lowest BCUT2D eigenvalue weighted by molar-refractivity contribution is -0.129. The molecule has 2 aromatic carbocycles. The highest BCUT2D eigenvalue weighted by molar-refractivity contribution is 9.10. The molecule has 2 amide bonds. The Morgan fingerprint density at radius 2 is 1.83 bits per heavy atom. The van der Waals surface area contributed by atoms with Crippen LogP contribution in [0.4, 0.5) is 5.69 Å². The summed E-state index contributed by atoms with van der Waals surface area (Å²) in [6.07, 6.45) is 3.14. The van der Waals surface area contributed by atoms with Crippen molar-refractivity contribution in [1.29, 1.82) is 0 Å². The average molecular weight is 408 g/mol. The number of halogens is 2. The van der Waals surface area contributed by atoms with Gasteiger partial charge in [0.25, 0.3) is 0 Å². The Morgan fingerprint density at radius 1 is 1.17 bits per heavy atom. The van der Waals surface area contributed by atoms with E-state index in [1.54, 1.807) is 37.4 Å². The zero-order valence-corrected chi connectivity index (χ0v) is 15.3. The van der Waals surface area contributed by atoms with E-state index in [1.165, 1.54) is 11.0 Å². The van der Waals surface area contributed by atoms with Crippen molar-refractivity contribution in [2.24, 2.45) is 0 Å².